The molecule has 0 saturated heterocycles. The van der Waals surface area contributed by atoms with Crippen LogP contribution in [0.2, 0.25) is 0 Å². The minimum Gasteiger partial charge on any atom is -0.285 e. The highest BCUT2D eigenvalue weighted by Crippen LogP contribution is 2.07. The smallest absolute Gasteiger partial charge is 0.285 e. The van der Waals surface area contributed by atoms with Crippen molar-refractivity contribution in [3.63, 3.8) is 0 Å². The Morgan fingerprint density at radius 2 is 2.27 bits per heavy atom. The quantitative estimate of drug-likeness (QED) is 0.809. The van der Waals surface area contributed by atoms with Crippen molar-refractivity contribution in [2.45, 2.75) is 6.54 Å². The first-order chi connectivity index (χ1) is 7.16. The van der Waals surface area contributed by atoms with Crippen LogP contribution in [0.5, 0.6) is 0 Å². The van der Waals surface area contributed by atoms with Gasteiger partial charge in [0, 0.05) is 17.7 Å². The SMILES string of the molecule is Cn1cnn(Cc2ccc(Br)cn2)c1=O. The lowest BCUT2D eigenvalue weighted by Crippen LogP contribution is -2.23. The Bertz CT molecular complexity index is 514. The van der Waals surface area contributed by atoms with E-state index in [1.807, 2.05) is 12.1 Å². The molecule has 5 nitrogen and oxygen atoms in total. The van der Waals surface area contributed by atoms with Gasteiger partial charge in [-0.2, -0.15) is 5.10 Å². The minimum atomic E-state index is -0.139. The number of rotatable bonds is 2. The summed E-state index contributed by atoms with van der Waals surface area (Å²) in [5.41, 5.74) is 0.665. The van der Waals surface area contributed by atoms with Gasteiger partial charge >= 0.3 is 5.69 Å². The van der Waals surface area contributed by atoms with Crippen molar-refractivity contribution in [3.8, 4) is 0 Å². The molecule has 0 radical (unpaired) electrons. The molecule has 0 aromatic carbocycles. The summed E-state index contributed by atoms with van der Waals surface area (Å²) >= 11 is 3.30. The molecule has 0 amide bonds. The van der Waals surface area contributed by atoms with Gasteiger partial charge in [-0.1, -0.05) is 0 Å². The van der Waals surface area contributed by atoms with Crippen LogP contribution >= 0.6 is 15.9 Å². The average Bonchev–Trinajstić information content (AvgIpc) is 2.53. The van der Waals surface area contributed by atoms with Gasteiger partial charge in [0.15, 0.2) is 0 Å². The molecule has 0 spiro atoms. The van der Waals surface area contributed by atoms with E-state index in [1.54, 1.807) is 13.2 Å². The molecular weight excluding hydrogens is 260 g/mol. The fourth-order valence-corrected chi connectivity index (χ4v) is 1.42. The first kappa shape index (κ1) is 10.1. The number of nitrogens with zero attached hydrogens (tertiary/aromatic N) is 4. The maximum Gasteiger partial charge on any atom is 0.345 e. The molecule has 0 aliphatic carbocycles. The minimum absolute atomic E-state index is 0.139. The van der Waals surface area contributed by atoms with E-state index in [0.29, 0.717) is 6.54 Å². The van der Waals surface area contributed by atoms with Crippen molar-refractivity contribution in [2.75, 3.05) is 0 Å². The summed E-state index contributed by atoms with van der Waals surface area (Å²) in [4.78, 5) is 15.6. The third-order valence-corrected chi connectivity index (χ3v) is 2.46. The van der Waals surface area contributed by atoms with E-state index in [4.69, 9.17) is 0 Å². The van der Waals surface area contributed by atoms with Crippen LogP contribution in [0.3, 0.4) is 0 Å². The van der Waals surface area contributed by atoms with E-state index in [2.05, 4.69) is 26.0 Å². The highest BCUT2D eigenvalue weighted by molar-refractivity contribution is 9.10. The van der Waals surface area contributed by atoms with E-state index >= 15 is 0 Å². The molecule has 0 unspecified atom stereocenters. The Kier molecular flexibility index (Phi) is 2.68. The van der Waals surface area contributed by atoms with Gasteiger partial charge < -0.3 is 0 Å². The van der Waals surface area contributed by atoms with Gasteiger partial charge in [0.05, 0.1) is 12.2 Å². The van der Waals surface area contributed by atoms with E-state index < -0.39 is 0 Å². The Balaban J connectivity index is 2.26. The van der Waals surface area contributed by atoms with E-state index in [1.165, 1.54) is 15.6 Å². The van der Waals surface area contributed by atoms with E-state index in [-0.39, 0.29) is 5.69 Å². The third kappa shape index (κ3) is 2.15. The zero-order valence-corrected chi connectivity index (χ0v) is 9.68. The van der Waals surface area contributed by atoms with Gasteiger partial charge in [-0.25, -0.2) is 9.48 Å². The highest BCUT2D eigenvalue weighted by Gasteiger charge is 2.02. The molecule has 0 aliphatic rings. The van der Waals surface area contributed by atoms with Crippen molar-refractivity contribution in [3.05, 3.63) is 45.3 Å². The predicted octanol–water partition coefficient (Wildman–Crippen LogP) is 0.788. The van der Waals surface area contributed by atoms with Gasteiger partial charge in [0.25, 0.3) is 0 Å². The zero-order chi connectivity index (χ0) is 10.8. The molecule has 6 heteroatoms. The van der Waals surface area contributed by atoms with E-state index in [0.717, 1.165) is 10.2 Å². The van der Waals surface area contributed by atoms with Crippen LogP contribution in [0, 0.1) is 0 Å². The molecule has 2 rings (SSSR count). The fraction of sp³-hybridized carbons (Fsp3) is 0.222. The van der Waals surface area contributed by atoms with Crippen LogP contribution in [0.1, 0.15) is 5.69 Å². The number of halogens is 1. The van der Waals surface area contributed by atoms with Crippen molar-refractivity contribution in [1.29, 1.82) is 0 Å². The van der Waals surface area contributed by atoms with Crippen molar-refractivity contribution >= 4 is 15.9 Å². The van der Waals surface area contributed by atoms with Crippen LogP contribution in [0.15, 0.2) is 33.9 Å². The van der Waals surface area contributed by atoms with Crippen LogP contribution < -0.4 is 5.69 Å². The van der Waals surface area contributed by atoms with Gasteiger partial charge in [-0.3, -0.25) is 9.55 Å². The van der Waals surface area contributed by atoms with Gasteiger partial charge in [0.2, 0.25) is 0 Å². The molecule has 0 N–H and O–H groups in total. The number of aromatic nitrogens is 4. The summed E-state index contributed by atoms with van der Waals surface area (Å²) in [6.07, 6.45) is 3.19. The standard InChI is InChI=1S/C9H9BrN4O/c1-13-6-12-14(9(13)15)5-8-3-2-7(10)4-11-8/h2-4,6H,5H2,1H3. The fourth-order valence-electron chi connectivity index (χ4n) is 1.18. The summed E-state index contributed by atoms with van der Waals surface area (Å²) in [7, 11) is 1.67. The normalized spacial score (nSPS) is 10.5. The molecule has 0 fully saturated rings. The van der Waals surface area contributed by atoms with Crippen LogP contribution in [0.4, 0.5) is 0 Å². The predicted molar refractivity (Wildman–Crippen MR) is 58.5 cm³/mol. The average molecular weight is 269 g/mol. The lowest BCUT2D eigenvalue weighted by molar-refractivity contribution is 0.635. The van der Waals surface area contributed by atoms with Crippen molar-refractivity contribution in [1.82, 2.24) is 19.3 Å². The third-order valence-electron chi connectivity index (χ3n) is 1.99. The van der Waals surface area contributed by atoms with E-state index in [9.17, 15) is 4.79 Å². The monoisotopic (exact) mass is 268 g/mol. The molecular formula is C9H9BrN4O. The lowest BCUT2D eigenvalue weighted by atomic mass is 10.3. The second-order valence-electron chi connectivity index (χ2n) is 3.15. The first-order valence-corrected chi connectivity index (χ1v) is 5.15. The Morgan fingerprint density at radius 3 is 2.80 bits per heavy atom. The number of hydrogen-bond donors (Lipinski definition) is 0. The largest absolute Gasteiger partial charge is 0.345 e. The number of hydrogen-bond acceptors (Lipinski definition) is 3. The summed E-state index contributed by atoms with van der Waals surface area (Å²) in [5, 5.41) is 3.95. The second kappa shape index (κ2) is 3.98. The Labute approximate surface area is 94.5 Å². The summed E-state index contributed by atoms with van der Waals surface area (Å²) in [5.74, 6) is 0. The Morgan fingerprint density at radius 1 is 1.47 bits per heavy atom. The van der Waals surface area contributed by atoms with Crippen LogP contribution in [-0.2, 0) is 13.6 Å². The molecule has 0 aliphatic heterocycles. The second-order valence-corrected chi connectivity index (χ2v) is 4.07. The molecule has 0 saturated carbocycles. The number of pyridine rings is 1. The molecule has 2 aromatic rings. The van der Waals surface area contributed by atoms with Crippen LogP contribution in [-0.4, -0.2) is 19.3 Å². The summed E-state index contributed by atoms with van der Waals surface area (Å²) in [6.45, 7) is 0.396. The molecule has 0 atom stereocenters. The summed E-state index contributed by atoms with van der Waals surface area (Å²) < 4.78 is 3.72. The Hall–Kier alpha value is -1.43. The molecule has 2 aromatic heterocycles. The summed E-state index contributed by atoms with van der Waals surface area (Å²) in [6, 6.07) is 3.74. The van der Waals surface area contributed by atoms with Gasteiger partial charge in [-0.05, 0) is 28.1 Å². The molecule has 15 heavy (non-hydrogen) atoms. The van der Waals surface area contributed by atoms with Gasteiger partial charge in [-0.15, -0.1) is 0 Å². The van der Waals surface area contributed by atoms with Crippen molar-refractivity contribution in [2.24, 2.45) is 7.05 Å². The highest BCUT2D eigenvalue weighted by atomic mass is 79.9. The maximum absolute atomic E-state index is 11.5. The van der Waals surface area contributed by atoms with Crippen LogP contribution in [0.25, 0.3) is 0 Å². The topological polar surface area (TPSA) is 52.7 Å². The molecule has 0 bridgehead atoms. The molecule has 78 valence electrons. The number of aryl methyl sites for hydroxylation is 1. The van der Waals surface area contributed by atoms with Gasteiger partial charge in [0.1, 0.15) is 6.33 Å². The lowest BCUT2D eigenvalue weighted by Gasteiger charge is -1.99. The first-order valence-electron chi connectivity index (χ1n) is 4.35. The maximum atomic E-state index is 11.5. The van der Waals surface area contributed by atoms with Crippen molar-refractivity contribution < 1.29 is 0 Å². The molecule has 2 heterocycles. The zero-order valence-electron chi connectivity index (χ0n) is 8.09.